The fourth-order valence-corrected chi connectivity index (χ4v) is 2.66. The van der Waals surface area contributed by atoms with Gasteiger partial charge in [0.2, 0.25) is 5.91 Å². The van der Waals surface area contributed by atoms with Gasteiger partial charge < -0.3 is 4.90 Å². The van der Waals surface area contributed by atoms with Gasteiger partial charge in [0.1, 0.15) is 5.38 Å². The third kappa shape index (κ3) is 2.56. The summed E-state index contributed by atoms with van der Waals surface area (Å²) in [5.41, 5.74) is 1.13. The van der Waals surface area contributed by atoms with Gasteiger partial charge >= 0.3 is 0 Å². The minimum absolute atomic E-state index is 0.0828. The summed E-state index contributed by atoms with van der Waals surface area (Å²) in [6.45, 7) is 0.832. The number of hydrogen-bond donors (Lipinski definition) is 0. The second-order valence-electron chi connectivity index (χ2n) is 3.87. The Hall–Kier alpha value is -0.0300. The number of carbonyl (C=O) groups is 1. The zero-order valence-corrected chi connectivity index (χ0v) is 11.3. The molecule has 15 heavy (non-hydrogen) atoms. The predicted molar refractivity (Wildman–Crippen MR) is 70.0 cm³/mol. The number of allylic oxidation sites excluding steroid dienone is 4. The first-order valence-corrected chi connectivity index (χ1v) is 6.70. The summed E-state index contributed by atoms with van der Waals surface area (Å²) in [7, 11) is 0. The van der Waals surface area contributed by atoms with E-state index in [1.54, 1.807) is 0 Å². The number of likely N-dealkylation sites (tertiary alicyclic amines) is 1. The van der Waals surface area contributed by atoms with E-state index >= 15 is 0 Å². The fourth-order valence-electron chi connectivity index (χ4n) is 1.94. The largest absolute Gasteiger partial charge is 0.315 e. The monoisotopic (exact) mass is 337 g/mol. The van der Waals surface area contributed by atoms with Gasteiger partial charge in [-0.15, -0.1) is 11.6 Å². The molecule has 0 aromatic carbocycles. The Bertz CT molecular complexity index is 337. The van der Waals surface area contributed by atoms with E-state index in [-0.39, 0.29) is 11.3 Å². The van der Waals surface area contributed by atoms with E-state index < -0.39 is 0 Å². The molecule has 2 aliphatic rings. The number of carbonyl (C=O) groups excluding carboxylic acids is 1. The molecule has 2 nitrogen and oxygen atoms in total. The number of halogens is 2. The van der Waals surface area contributed by atoms with E-state index in [0.717, 1.165) is 37.9 Å². The third-order valence-electron chi connectivity index (χ3n) is 2.80. The second-order valence-corrected chi connectivity index (χ2v) is 5.78. The van der Waals surface area contributed by atoms with E-state index in [0.29, 0.717) is 0 Å². The number of hydrogen-bond acceptors (Lipinski definition) is 1. The molecule has 1 aliphatic carbocycles. The molecule has 82 valence electrons. The van der Waals surface area contributed by atoms with Crippen LogP contribution in [0.25, 0.3) is 0 Å². The zero-order chi connectivity index (χ0) is 10.8. The summed E-state index contributed by atoms with van der Waals surface area (Å²) in [6, 6.07) is 0. The second kappa shape index (κ2) is 4.87. The highest BCUT2D eigenvalue weighted by atomic mass is 127. The topological polar surface area (TPSA) is 20.3 Å². The summed E-state index contributed by atoms with van der Waals surface area (Å²) < 4.78 is 1.35. The Kier molecular flexibility index (Phi) is 3.72. The van der Waals surface area contributed by atoms with Crippen LogP contribution in [0.3, 0.4) is 0 Å². The molecule has 0 spiro atoms. The number of amides is 1. The lowest BCUT2D eigenvalue weighted by Crippen LogP contribution is -2.41. The molecule has 0 radical (unpaired) electrons. The molecule has 0 bridgehead atoms. The first kappa shape index (κ1) is 11.5. The van der Waals surface area contributed by atoms with E-state index in [1.807, 2.05) is 4.90 Å². The van der Waals surface area contributed by atoms with Crippen LogP contribution in [0.1, 0.15) is 25.7 Å². The first-order valence-electron chi connectivity index (χ1n) is 5.19. The fraction of sp³-hybridized carbons (Fsp3) is 0.545. The van der Waals surface area contributed by atoms with Crippen LogP contribution < -0.4 is 0 Å². The van der Waals surface area contributed by atoms with Crippen molar-refractivity contribution >= 4 is 40.1 Å². The minimum atomic E-state index is -0.315. The Labute approximate surface area is 108 Å². The Morgan fingerprint density at radius 2 is 2.20 bits per heavy atom. The third-order valence-corrected chi connectivity index (χ3v) is 4.10. The standard InChI is InChI=1S/C11H13ClINO/c12-10-2-1-7-14(11(10)15)9-5-3-8(13)4-6-9/h3,5,10H,1-2,4,6-7H2. The Balaban J connectivity index is 2.13. The number of alkyl halides is 1. The van der Waals surface area contributed by atoms with Gasteiger partial charge in [-0.25, -0.2) is 0 Å². The Morgan fingerprint density at radius 1 is 1.40 bits per heavy atom. The molecule has 0 aromatic heterocycles. The van der Waals surface area contributed by atoms with Gasteiger partial charge in [0.05, 0.1) is 0 Å². The van der Waals surface area contributed by atoms with Crippen LogP contribution in [0.15, 0.2) is 21.4 Å². The summed E-state index contributed by atoms with van der Waals surface area (Å²) in [4.78, 5) is 13.7. The van der Waals surface area contributed by atoms with Gasteiger partial charge in [-0.2, -0.15) is 0 Å². The van der Waals surface area contributed by atoms with E-state index in [2.05, 4.69) is 34.7 Å². The molecule has 1 unspecified atom stereocenters. The number of nitrogens with zero attached hydrogens (tertiary/aromatic N) is 1. The van der Waals surface area contributed by atoms with Crippen molar-refractivity contribution in [2.24, 2.45) is 0 Å². The highest BCUT2D eigenvalue weighted by Crippen LogP contribution is 2.28. The van der Waals surface area contributed by atoms with Crippen molar-refractivity contribution in [2.75, 3.05) is 6.54 Å². The smallest absolute Gasteiger partial charge is 0.244 e. The van der Waals surface area contributed by atoms with E-state index in [9.17, 15) is 4.79 Å². The molecule has 1 atom stereocenters. The van der Waals surface area contributed by atoms with Gasteiger partial charge in [-0.1, -0.05) is 6.08 Å². The van der Waals surface area contributed by atoms with Gasteiger partial charge in [0.25, 0.3) is 0 Å². The van der Waals surface area contributed by atoms with Crippen LogP contribution >= 0.6 is 34.2 Å². The maximum atomic E-state index is 11.8. The van der Waals surface area contributed by atoms with Crippen LogP contribution in [-0.2, 0) is 4.79 Å². The summed E-state index contributed by atoms with van der Waals surface area (Å²) in [5.74, 6) is 0.0828. The summed E-state index contributed by atoms with van der Waals surface area (Å²) in [6.07, 6.45) is 7.98. The molecule has 1 fully saturated rings. The van der Waals surface area contributed by atoms with Gasteiger partial charge in [0.15, 0.2) is 0 Å². The molecule has 0 saturated carbocycles. The van der Waals surface area contributed by atoms with Crippen molar-refractivity contribution in [3.8, 4) is 0 Å². The summed E-state index contributed by atoms with van der Waals surface area (Å²) >= 11 is 8.31. The molecule has 4 heteroatoms. The van der Waals surface area contributed by atoms with Gasteiger partial charge in [-0.3, -0.25) is 4.79 Å². The molecule has 0 N–H and O–H groups in total. The quantitative estimate of drug-likeness (QED) is 0.531. The van der Waals surface area contributed by atoms with Crippen LogP contribution in [0.4, 0.5) is 0 Å². The highest BCUT2D eigenvalue weighted by molar-refractivity contribution is 14.1. The lowest BCUT2D eigenvalue weighted by Gasteiger charge is -2.32. The minimum Gasteiger partial charge on any atom is -0.315 e. The molecule has 2 rings (SSSR count). The van der Waals surface area contributed by atoms with Crippen molar-refractivity contribution in [3.05, 3.63) is 21.4 Å². The average Bonchev–Trinajstić information content (AvgIpc) is 2.24. The normalized spacial score (nSPS) is 27.5. The zero-order valence-electron chi connectivity index (χ0n) is 8.38. The van der Waals surface area contributed by atoms with Crippen LogP contribution in [0.2, 0.25) is 0 Å². The molecular formula is C11H13ClINO. The average molecular weight is 338 g/mol. The highest BCUT2D eigenvalue weighted by Gasteiger charge is 2.29. The van der Waals surface area contributed by atoms with Crippen LogP contribution in [-0.4, -0.2) is 22.7 Å². The molecule has 1 saturated heterocycles. The van der Waals surface area contributed by atoms with Crippen molar-refractivity contribution in [3.63, 3.8) is 0 Å². The SMILES string of the molecule is O=C1C(Cl)CCCN1C1=CC=C(I)CC1. The number of piperidine rings is 1. The van der Waals surface area contributed by atoms with Crippen LogP contribution in [0.5, 0.6) is 0 Å². The van der Waals surface area contributed by atoms with Crippen molar-refractivity contribution in [1.29, 1.82) is 0 Å². The molecule has 1 aliphatic heterocycles. The van der Waals surface area contributed by atoms with Crippen molar-refractivity contribution < 1.29 is 4.79 Å². The lowest BCUT2D eigenvalue weighted by atomic mass is 10.0. The molecule has 0 aromatic rings. The molecule has 1 amide bonds. The van der Waals surface area contributed by atoms with E-state index in [1.165, 1.54) is 3.58 Å². The summed E-state index contributed by atoms with van der Waals surface area (Å²) in [5, 5.41) is -0.315. The number of rotatable bonds is 1. The molecule has 1 heterocycles. The maximum absolute atomic E-state index is 11.8. The van der Waals surface area contributed by atoms with E-state index in [4.69, 9.17) is 11.6 Å². The van der Waals surface area contributed by atoms with Crippen molar-refractivity contribution in [1.82, 2.24) is 4.90 Å². The van der Waals surface area contributed by atoms with Crippen LogP contribution in [0, 0.1) is 0 Å². The van der Waals surface area contributed by atoms with Gasteiger partial charge in [-0.05, 0) is 57.9 Å². The maximum Gasteiger partial charge on any atom is 0.244 e. The molecular weight excluding hydrogens is 324 g/mol. The predicted octanol–water partition coefficient (Wildman–Crippen LogP) is 3.21. The Morgan fingerprint density at radius 3 is 2.87 bits per heavy atom. The van der Waals surface area contributed by atoms with Gasteiger partial charge in [0, 0.05) is 12.2 Å². The van der Waals surface area contributed by atoms with Crippen molar-refractivity contribution in [2.45, 2.75) is 31.1 Å². The lowest BCUT2D eigenvalue weighted by molar-refractivity contribution is -0.130. The first-order chi connectivity index (χ1) is 7.18.